The first kappa shape index (κ1) is 31.5. The lowest BCUT2D eigenvalue weighted by Crippen LogP contribution is -2.44. The van der Waals surface area contributed by atoms with E-state index >= 15 is 0 Å². The Morgan fingerprint density at radius 2 is 1.72 bits per heavy atom. The van der Waals surface area contributed by atoms with Gasteiger partial charge in [0.2, 0.25) is 0 Å². The predicted molar refractivity (Wildman–Crippen MR) is 111 cm³/mol. The van der Waals surface area contributed by atoms with Crippen molar-refractivity contribution in [3.63, 3.8) is 0 Å². The lowest BCUT2D eigenvalue weighted by molar-refractivity contribution is -0.193. The van der Waals surface area contributed by atoms with Gasteiger partial charge in [-0.25, -0.2) is 9.59 Å². The van der Waals surface area contributed by atoms with Crippen LogP contribution in [0.4, 0.5) is 26.3 Å². The summed E-state index contributed by atoms with van der Waals surface area (Å²) >= 11 is 0. The molecule has 0 radical (unpaired) electrons. The van der Waals surface area contributed by atoms with Gasteiger partial charge < -0.3 is 24.4 Å². The third-order valence-corrected chi connectivity index (χ3v) is 5.17. The molecular formula is C21H28F6N2O7. The zero-order chi connectivity index (χ0) is 27.4. The molecule has 0 aromatic carbocycles. The average Bonchev–Trinajstić information content (AvgIpc) is 3.45. The van der Waals surface area contributed by atoms with Crippen LogP contribution in [0.25, 0.3) is 0 Å². The minimum Gasteiger partial charge on any atom is -0.475 e. The van der Waals surface area contributed by atoms with Crippen molar-refractivity contribution in [1.29, 1.82) is 0 Å². The fourth-order valence-electron chi connectivity index (χ4n) is 3.57. The van der Waals surface area contributed by atoms with Crippen molar-refractivity contribution < 1.29 is 60.4 Å². The van der Waals surface area contributed by atoms with Crippen LogP contribution in [0.5, 0.6) is 0 Å². The molecule has 0 spiro atoms. The number of carboxylic acids is 2. The van der Waals surface area contributed by atoms with E-state index in [0.29, 0.717) is 25.3 Å². The molecule has 1 aromatic heterocycles. The van der Waals surface area contributed by atoms with Crippen LogP contribution in [0.3, 0.4) is 0 Å². The molecule has 0 bridgehead atoms. The Balaban J connectivity index is 0.000000383. The Bertz CT molecular complexity index is 765. The van der Waals surface area contributed by atoms with Crippen molar-refractivity contribution >= 4 is 11.9 Å². The maximum absolute atomic E-state index is 10.6. The summed E-state index contributed by atoms with van der Waals surface area (Å²) in [5, 5.41) is 14.2. The second-order valence-electron chi connectivity index (χ2n) is 7.68. The number of pyridine rings is 1. The minimum absolute atomic E-state index is 0.274. The van der Waals surface area contributed by atoms with E-state index in [1.165, 1.54) is 5.56 Å². The van der Waals surface area contributed by atoms with Gasteiger partial charge in [-0.15, -0.1) is 0 Å². The van der Waals surface area contributed by atoms with Crippen molar-refractivity contribution in [3.05, 3.63) is 30.1 Å². The number of nitrogens with zero attached hydrogens (tertiary/aromatic N) is 2. The number of likely N-dealkylation sites (tertiary alicyclic amines) is 1. The summed E-state index contributed by atoms with van der Waals surface area (Å²) in [6.07, 6.45) is -2.89. The Kier molecular flexibility index (Phi) is 13.1. The number of aromatic nitrogens is 1. The van der Waals surface area contributed by atoms with Crippen molar-refractivity contribution in [2.24, 2.45) is 0 Å². The number of alkyl halides is 6. The number of carbonyl (C=O) groups is 2. The molecule has 0 saturated carbocycles. The molecule has 0 aliphatic carbocycles. The lowest BCUT2D eigenvalue weighted by atomic mass is 10.0. The van der Waals surface area contributed by atoms with Crippen LogP contribution in [-0.2, 0) is 30.2 Å². The molecule has 2 aliphatic rings. The third kappa shape index (κ3) is 11.5. The van der Waals surface area contributed by atoms with E-state index in [1.54, 1.807) is 7.11 Å². The maximum atomic E-state index is 10.6. The van der Waals surface area contributed by atoms with Gasteiger partial charge in [0, 0.05) is 44.7 Å². The summed E-state index contributed by atoms with van der Waals surface area (Å²) < 4.78 is 80.3. The molecule has 3 atom stereocenters. The largest absolute Gasteiger partial charge is 0.490 e. The molecule has 2 fully saturated rings. The van der Waals surface area contributed by atoms with Gasteiger partial charge in [-0.05, 0) is 30.9 Å². The lowest BCUT2D eigenvalue weighted by Gasteiger charge is -2.32. The van der Waals surface area contributed by atoms with Crippen LogP contribution in [0.15, 0.2) is 24.5 Å². The molecule has 36 heavy (non-hydrogen) atoms. The fraction of sp³-hybridized carbons (Fsp3) is 0.667. The number of aliphatic carboxylic acids is 2. The first-order valence-electron chi connectivity index (χ1n) is 10.7. The second-order valence-corrected chi connectivity index (χ2v) is 7.68. The smallest absolute Gasteiger partial charge is 0.475 e. The summed E-state index contributed by atoms with van der Waals surface area (Å²) in [5.74, 6) is -5.51. The van der Waals surface area contributed by atoms with Crippen LogP contribution < -0.4 is 0 Å². The zero-order valence-corrected chi connectivity index (χ0v) is 19.3. The molecule has 2 aliphatic heterocycles. The molecule has 2 N–H and O–H groups in total. The van der Waals surface area contributed by atoms with E-state index in [4.69, 9.17) is 34.0 Å². The van der Waals surface area contributed by atoms with E-state index in [9.17, 15) is 26.3 Å². The quantitative estimate of drug-likeness (QED) is 0.402. The number of ether oxygens (including phenoxy) is 3. The van der Waals surface area contributed by atoms with E-state index < -0.39 is 24.3 Å². The van der Waals surface area contributed by atoms with Gasteiger partial charge in [-0.2, -0.15) is 26.3 Å². The summed E-state index contributed by atoms with van der Waals surface area (Å²) in [5.41, 5.74) is 1.28. The van der Waals surface area contributed by atoms with Gasteiger partial charge in [0.25, 0.3) is 0 Å². The summed E-state index contributed by atoms with van der Waals surface area (Å²) in [6.45, 7) is 4.16. The maximum Gasteiger partial charge on any atom is 0.490 e. The van der Waals surface area contributed by atoms with Crippen LogP contribution in [0.1, 0.15) is 18.4 Å². The average molecular weight is 534 g/mol. The van der Waals surface area contributed by atoms with Crippen molar-refractivity contribution in [2.75, 3.05) is 40.1 Å². The molecule has 1 unspecified atom stereocenters. The summed E-state index contributed by atoms with van der Waals surface area (Å²) in [6, 6.07) is 5.11. The van der Waals surface area contributed by atoms with Crippen molar-refractivity contribution in [2.45, 2.75) is 49.8 Å². The van der Waals surface area contributed by atoms with Gasteiger partial charge in [-0.3, -0.25) is 9.88 Å². The summed E-state index contributed by atoms with van der Waals surface area (Å²) in [4.78, 5) is 24.6. The highest BCUT2D eigenvalue weighted by atomic mass is 19.4. The van der Waals surface area contributed by atoms with E-state index in [-0.39, 0.29) is 6.10 Å². The van der Waals surface area contributed by atoms with E-state index in [2.05, 4.69) is 16.0 Å². The standard InChI is InChI=1S/C17H26N2O3.2C2HF3O2/c1-20-9-10-22-17-4-7-19(15-5-8-21-13-15)16(17)11-14-3-2-6-18-12-14;2*3-2(4,5)1(6)7/h2-3,6,12,15-17H,4-5,7-11,13H2,1H3;2*(H,6,7)/t15?,16-,17-;;/m0../s1. The highest BCUT2D eigenvalue weighted by molar-refractivity contribution is 5.73. The van der Waals surface area contributed by atoms with Gasteiger partial charge in [-0.1, -0.05) is 6.07 Å². The molecule has 15 heteroatoms. The van der Waals surface area contributed by atoms with E-state index in [0.717, 1.165) is 39.0 Å². The topological polar surface area (TPSA) is 118 Å². The predicted octanol–water partition coefficient (Wildman–Crippen LogP) is 2.79. The molecule has 3 rings (SSSR count). The van der Waals surface area contributed by atoms with Crippen molar-refractivity contribution in [3.8, 4) is 0 Å². The monoisotopic (exact) mass is 534 g/mol. The fourth-order valence-corrected chi connectivity index (χ4v) is 3.57. The highest BCUT2D eigenvalue weighted by Crippen LogP contribution is 2.29. The third-order valence-electron chi connectivity index (χ3n) is 5.17. The Labute approximate surface area is 202 Å². The molecule has 9 nitrogen and oxygen atoms in total. The van der Waals surface area contributed by atoms with Crippen molar-refractivity contribution in [1.82, 2.24) is 9.88 Å². The molecule has 3 heterocycles. The zero-order valence-electron chi connectivity index (χ0n) is 19.3. The molecule has 1 aromatic rings. The Morgan fingerprint density at radius 1 is 1.11 bits per heavy atom. The Hall–Kier alpha value is -2.49. The molecular weight excluding hydrogens is 506 g/mol. The van der Waals surface area contributed by atoms with Gasteiger partial charge in [0.15, 0.2) is 0 Å². The molecule has 0 amide bonds. The van der Waals surface area contributed by atoms with Crippen LogP contribution >= 0.6 is 0 Å². The Morgan fingerprint density at radius 3 is 2.17 bits per heavy atom. The van der Waals surface area contributed by atoms with Gasteiger partial charge >= 0.3 is 24.3 Å². The normalized spacial score (nSPS) is 22.2. The number of rotatable bonds is 7. The number of hydrogen-bond acceptors (Lipinski definition) is 7. The van der Waals surface area contributed by atoms with Crippen LogP contribution in [0.2, 0.25) is 0 Å². The SMILES string of the molecule is COCCO[C@H]1CCN(C2CCOC2)[C@H]1Cc1cccnc1.O=C(O)C(F)(F)F.O=C(O)C(F)(F)F. The van der Waals surface area contributed by atoms with Gasteiger partial charge in [0.05, 0.1) is 25.9 Å². The first-order chi connectivity index (χ1) is 16.8. The summed E-state index contributed by atoms with van der Waals surface area (Å²) in [7, 11) is 1.72. The molecule has 2 saturated heterocycles. The van der Waals surface area contributed by atoms with Crippen LogP contribution in [0, 0.1) is 0 Å². The number of carboxylic acid groups (broad SMARTS) is 2. The van der Waals surface area contributed by atoms with Gasteiger partial charge in [0.1, 0.15) is 0 Å². The second kappa shape index (κ2) is 14.9. The number of hydrogen-bond donors (Lipinski definition) is 2. The van der Waals surface area contributed by atoms with E-state index in [1.807, 2.05) is 18.5 Å². The molecule has 206 valence electrons. The number of methoxy groups -OCH3 is 1. The van der Waals surface area contributed by atoms with Crippen LogP contribution in [-0.4, -0.2) is 103 Å². The highest BCUT2D eigenvalue weighted by Gasteiger charge is 2.40. The minimum atomic E-state index is -5.08. The first-order valence-corrected chi connectivity index (χ1v) is 10.7. The number of halogens is 6.